The summed E-state index contributed by atoms with van der Waals surface area (Å²) < 4.78 is 10.5. The van der Waals surface area contributed by atoms with Crippen LogP contribution >= 0.6 is 0 Å². The number of piperidine rings is 1. The molecular formula is C16H24N2O3. The van der Waals surface area contributed by atoms with Crippen LogP contribution in [0.25, 0.3) is 0 Å². The first kappa shape index (κ1) is 15.6. The quantitative estimate of drug-likeness (QED) is 0.889. The Morgan fingerprint density at radius 2 is 2.05 bits per heavy atom. The number of rotatable bonds is 4. The van der Waals surface area contributed by atoms with Crippen LogP contribution in [-0.2, 0) is 0 Å². The molecule has 0 aromatic heterocycles. The summed E-state index contributed by atoms with van der Waals surface area (Å²) in [4.78, 5) is 12.6. The summed E-state index contributed by atoms with van der Waals surface area (Å²) in [6.45, 7) is 5.27. The van der Waals surface area contributed by atoms with Crippen molar-refractivity contribution in [2.45, 2.75) is 32.4 Å². The molecule has 1 aliphatic heterocycles. The molecule has 0 spiro atoms. The first-order valence-corrected chi connectivity index (χ1v) is 7.33. The fourth-order valence-electron chi connectivity index (χ4n) is 2.83. The van der Waals surface area contributed by atoms with Gasteiger partial charge in [-0.15, -0.1) is 0 Å². The van der Waals surface area contributed by atoms with Crippen LogP contribution in [0.5, 0.6) is 11.5 Å². The van der Waals surface area contributed by atoms with Crippen LogP contribution in [0.15, 0.2) is 18.2 Å². The third-order valence-electron chi connectivity index (χ3n) is 4.17. The van der Waals surface area contributed by atoms with Gasteiger partial charge in [-0.2, -0.15) is 0 Å². The van der Waals surface area contributed by atoms with Crippen LogP contribution in [-0.4, -0.2) is 38.8 Å². The molecular weight excluding hydrogens is 268 g/mol. The Labute approximate surface area is 126 Å². The zero-order valence-electron chi connectivity index (χ0n) is 13.1. The third-order valence-corrected chi connectivity index (χ3v) is 4.17. The Hall–Kier alpha value is -1.75. The fraction of sp³-hybridized carbons (Fsp3) is 0.562. The maximum Gasteiger partial charge on any atom is 0.255 e. The lowest BCUT2D eigenvalue weighted by Gasteiger charge is -2.36. The molecule has 1 fully saturated rings. The van der Waals surface area contributed by atoms with Gasteiger partial charge in [0.25, 0.3) is 5.91 Å². The lowest BCUT2D eigenvalue weighted by molar-refractivity contribution is 0.0894. The van der Waals surface area contributed by atoms with Crippen LogP contribution < -0.4 is 20.1 Å². The zero-order chi connectivity index (χ0) is 15.4. The van der Waals surface area contributed by atoms with Gasteiger partial charge in [0.1, 0.15) is 11.5 Å². The highest BCUT2D eigenvalue weighted by Crippen LogP contribution is 2.25. The van der Waals surface area contributed by atoms with E-state index in [4.69, 9.17) is 9.47 Å². The van der Waals surface area contributed by atoms with Crippen molar-refractivity contribution >= 4 is 5.91 Å². The molecule has 21 heavy (non-hydrogen) atoms. The Morgan fingerprint density at radius 1 is 1.29 bits per heavy atom. The van der Waals surface area contributed by atoms with Gasteiger partial charge < -0.3 is 20.1 Å². The molecule has 2 rings (SSSR count). The predicted molar refractivity (Wildman–Crippen MR) is 82.0 cm³/mol. The highest BCUT2D eigenvalue weighted by molar-refractivity contribution is 5.97. The smallest absolute Gasteiger partial charge is 0.255 e. The number of hydrogen-bond donors (Lipinski definition) is 2. The number of amides is 1. The highest BCUT2D eigenvalue weighted by atomic mass is 16.5. The summed E-state index contributed by atoms with van der Waals surface area (Å²) in [6.07, 6.45) is 1.06. The first-order valence-electron chi connectivity index (χ1n) is 7.33. The minimum atomic E-state index is -0.127. The van der Waals surface area contributed by atoms with Gasteiger partial charge in [-0.05, 0) is 44.0 Å². The molecule has 5 nitrogen and oxygen atoms in total. The van der Waals surface area contributed by atoms with Gasteiger partial charge in [0.15, 0.2) is 0 Å². The van der Waals surface area contributed by atoms with Crippen LogP contribution in [0.3, 0.4) is 0 Å². The summed E-state index contributed by atoms with van der Waals surface area (Å²) in [7, 11) is 3.14. The number of benzene rings is 1. The van der Waals surface area contributed by atoms with Gasteiger partial charge in [0.05, 0.1) is 19.8 Å². The van der Waals surface area contributed by atoms with Crippen LogP contribution in [0.2, 0.25) is 0 Å². The molecule has 1 aromatic rings. The van der Waals surface area contributed by atoms with E-state index in [1.165, 1.54) is 0 Å². The van der Waals surface area contributed by atoms with E-state index in [1.54, 1.807) is 32.4 Å². The molecule has 2 N–H and O–H groups in total. The second-order valence-corrected chi connectivity index (χ2v) is 5.57. The second-order valence-electron chi connectivity index (χ2n) is 5.57. The van der Waals surface area contributed by atoms with E-state index in [9.17, 15) is 4.79 Å². The molecule has 1 aliphatic rings. The van der Waals surface area contributed by atoms with E-state index in [0.717, 1.165) is 13.0 Å². The number of ether oxygens (including phenoxy) is 2. The maximum absolute atomic E-state index is 12.6. The molecule has 3 unspecified atom stereocenters. The molecule has 5 heteroatoms. The number of nitrogens with one attached hydrogen (secondary N) is 2. The Bertz CT molecular complexity index is 494. The van der Waals surface area contributed by atoms with Crippen molar-refractivity contribution in [1.29, 1.82) is 0 Å². The van der Waals surface area contributed by atoms with Gasteiger partial charge in [0, 0.05) is 12.1 Å². The van der Waals surface area contributed by atoms with E-state index in [0.29, 0.717) is 23.0 Å². The molecule has 1 amide bonds. The fourth-order valence-corrected chi connectivity index (χ4v) is 2.83. The van der Waals surface area contributed by atoms with Crippen molar-refractivity contribution in [3.05, 3.63) is 23.8 Å². The Morgan fingerprint density at radius 3 is 2.67 bits per heavy atom. The standard InChI is InChI=1S/C16H24N2O3/c1-10-7-8-17-11(2)15(10)18-16(19)13-9-12(20-3)5-6-14(13)21-4/h5-6,9-11,15,17H,7-8H2,1-4H3,(H,18,19). The summed E-state index contributed by atoms with van der Waals surface area (Å²) in [5.41, 5.74) is 0.502. The highest BCUT2D eigenvalue weighted by Gasteiger charge is 2.29. The first-order chi connectivity index (χ1) is 10.1. The number of hydrogen-bond acceptors (Lipinski definition) is 4. The van der Waals surface area contributed by atoms with Gasteiger partial charge >= 0.3 is 0 Å². The van der Waals surface area contributed by atoms with Crippen LogP contribution in [0, 0.1) is 5.92 Å². The van der Waals surface area contributed by atoms with Crippen molar-refractivity contribution in [3.63, 3.8) is 0 Å². The minimum Gasteiger partial charge on any atom is -0.497 e. The van der Waals surface area contributed by atoms with Gasteiger partial charge in [-0.1, -0.05) is 6.92 Å². The topological polar surface area (TPSA) is 59.6 Å². The van der Waals surface area contributed by atoms with Crippen molar-refractivity contribution in [2.75, 3.05) is 20.8 Å². The minimum absolute atomic E-state index is 0.113. The molecule has 0 aliphatic carbocycles. The van der Waals surface area contributed by atoms with Crippen molar-refractivity contribution in [1.82, 2.24) is 10.6 Å². The molecule has 1 aromatic carbocycles. The largest absolute Gasteiger partial charge is 0.497 e. The normalized spacial score (nSPS) is 25.2. The average molecular weight is 292 g/mol. The second kappa shape index (κ2) is 6.80. The molecule has 0 bridgehead atoms. The SMILES string of the molecule is COc1ccc(OC)c(C(=O)NC2C(C)CCNC2C)c1. The Kier molecular flexibility index (Phi) is 5.07. The van der Waals surface area contributed by atoms with E-state index in [-0.39, 0.29) is 18.0 Å². The maximum atomic E-state index is 12.6. The molecule has 3 atom stereocenters. The van der Waals surface area contributed by atoms with Crippen LogP contribution in [0.1, 0.15) is 30.6 Å². The van der Waals surface area contributed by atoms with E-state index < -0.39 is 0 Å². The molecule has 1 heterocycles. The number of methoxy groups -OCH3 is 2. The van der Waals surface area contributed by atoms with Crippen molar-refractivity contribution in [2.24, 2.45) is 5.92 Å². The monoisotopic (exact) mass is 292 g/mol. The number of carbonyl (C=O) groups is 1. The molecule has 1 saturated heterocycles. The molecule has 116 valence electrons. The zero-order valence-corrected chi connectivity index (χ0v) is 13.1. The summed E-state index contributed by atoms with van der Waals surface area (Å²) >= 11 is 0. The van der Waals surface area contributed by atoms with E-state index in [1.807, 2.05) is 0 Å². The lowest BCUT2D eigenvalue weighted by Crippen LogP contribution is -2.55. The summed E-state index contributed by atoms with van der Waals surface area (Å²) in [5.74, 6) is 1.51. The van der Waals surface area contributed by atoms with E-state index >= 15 is 0 Å². The van der Waals surface area contributed by atoms with Gasteiger partial charge in [-0.25, -0.2) is 0 Å². The number of carbonyl (C=O) groups excluding carboxylic acids is 1. The third kappa shape index (κ3) is 3.47. The molecule has 0 radical (unpaired) electrons. The lowest BCUT2D eigenvalue weighted by atomic mass is 9.89. The van der Waals surface area contributed by atoms with Crippen molar-refractivity contribution < 1.29 is 14.3 Å². The average Bonchev–Trinajstić information content (AvgIpc) is 2.50. The van der Waals surface area contributed by atoms with E-state index in [2.05, 4.69) is 24.5 Å². The van der Waals surface area contributed by atoms with Crippen molar-refractivity contribution in [3.8, 4) is 11.5 Å². The van der Waals surface area contributed by atoms with Gasteiger partial charge in [-0.3, -0.25) is 4.79 Å². The van der Waals surface area contributed by atoms with Crippen LogP contribution in [0.4, 0.5) is 0 Å². The Balaban J connectivity index is 2.19. The van der Waals surface area contributed by atoms with Gasteiger partial charge in [0.2, 0.25) is 0 Å². The summed E-state index contributed by atoms with van der Waals surface area (Å²) in [6, 6.07) is 5.61. The molecule has 0 saturated carbocycles. The summed E-state index contributed by atoms with van der Waals surface area (Å²) in [5, 5.41) is 6.52. The predicted octanol–water partition coefficient (Wildman–Crippen LogP) is 1.82.